The van der Waals surface area contributed by atoms with Crippen LogP contribution in [0.1, 0.15) is 39.2 Å². The molecular formula is C15H24BrNO. The molecule has 0 saturated carbocycles. The fourth-order valence-electron chi connectivity index (χ4n) is 1.76. The molecular weight excluding hydrogens is 290 g/mol. The van der Waals surface area contributed by atoms with Crippen molar-refractivity contribution < 1.29 is 4.74 Å². The van der Waals surface area contributed by atoms with Gasteiger partial charge in [0.1, 0.15) is 5.75 Å². The van der Waals surface area contributed by atoms with Gasteiger partial charge in [-0.15, -0.1) is 0 Å². The lowest BCUT2D eigenvalue weighted by atomic mass is 10.2. The summed E-state index contributed by atoms with van der Waals surface area (Å²) in [5, 5.41) is 3.42. The predicted molar refractivity (Wildman–Crippen MR) is 81.3 cm³/mol. The molecule has 1 unspecified atom stereocenters. The van der Waals surface area contributed by atoms with Crippen molar-refractivity contribution in [3.8, 4) is 5.75 Å². The van der Waals surface area contributed by atoms with Gasteiger partial charge in [-0.3, -0.25) is 0 Å². The van der Waals surface area contributed by atoms with Crippen LogP contribution in [-0.4, -0.2) is 18.7 Å². The third-order valence-corrected chi connectivity index (χ3v) is 3.31. The van der Waals surface area contributed by atoms with Crippen LogP contribution in [0.5, 0.6) is 5.75 Å². The number of hydrogen-bond acceptors (Lipinski definition) is 2. The molecule has 1 atom stereocenters. The fourth-order valence-corrected chi connectivity index (χ4v) is 2.10. The Morgan fingerprint density at radius 3 is 2.67 bits per heavy atom. The lowest BCUT2D eigenvalue weighted by Crippen LogP contribution is -2.25. The normalized spacial score (nSPS) is 12.8. The standard InChI is InChI=1S/C15H24BrNO/c1-11(2)17-9-5-6-13(4)18-15-10-14(16)8-7-12(15)3/h7-8,10-11,13,17H,5-6,9H2,1-4H3. The van der Waals surface area contributed by atoms with E-state index < -0.39 is 0 Å². The summed E-state index contributed by atoms with van der Waals surface area (Å²) in [5.41, 5.74) is 1.19. The van der Waals surface area contributed by atoms with Crippen LogP contribution in [0.2, 0.25) is 0 Å². The number of aryl methyl sites for hydroxylation is 1. The molecule has 1 aromatic carbocycles. The highest BCUT2D eigenvalue weighted by Gasteiger charge is 2.07. The molecule has 1 rings (SSSR count). The average Bonchev–Trinajstić information content (AvgIpc) is 2.29. The van der Waals surface area contributed by atoms with Crippen LogP contribution in [-0.2, 0) is 0 Å². The fraction of sp³-hybridized carbons (Fsp3) is 0.600. The van der Waals surface area contributed by atoms with Gasteiger partial charge >= 0.3 is 0 Å². The number of nitrogens with one attached hydrogen (secondary N) is 1. The van der Waals surface area contributed by atoms with Gasteiger partial charge in [-0.05, 0) is 50.9 Å². The van der Waals surface area contributed by atoms with E-state index in [4.69, 9.17) is 4.74 Å². The molecule has 102 valence electrons. The topological polar surface area (TPSA) is 21.3 Å². The van der Waals surface area contributed by atoms with Crippen molar-refractivity contribution in [1.82, 2.24) is 5.32 Å². The maximum absolute atomic E-state index is 5.98. The molecule has 0 spiro atoms. The number of hydrogen-bond donors (Lipinski definition) is 1. The third-order valence-electron chi connectivity index (χ3n) is 2.82. The third kappa shape index (κ3) is 5.87. The molecule has 0 bridgehead atoms. The Morgan fingerprint density at radius 2 is 2.00 bits per heavy atom. The lowest BCUT2D eigenvalue weighted by Gasteiger charge is -2.17. The van der Waals surface area contributed by atoms with E-state index in [2.05, 4.69) is 55.0 Å². The van der Waals surface area contributed by atoms with E-state index in [1.54, 1.807) is 0 Å². The smallest absolute Gasteiger partial charge is 0.123 e. The molecule has 0 aromatic heterocycles. The van der Waals surface area contributed by atoms with E-state index in [9.17, 15) is 0 Å². The molecule has 3 heteroatoms. The lowest BCUT2D eigenvalue weighted by molar-refractivity contribution is 0.205. The van der Waals surface area contributed by atoms with Crippen molar-refractivity contribution in [3.63, 3.8) is 0 Å². The molecule has 0 fully saturated rings. The Balaban J connectivity index is 2.35. The molecule has 2 nitrogen and oxygen atoms in total. The quantitative estimate of drug-likeness (QED) is 0.758. The van der Waals surface area contributed by atoms with E-state index in [0.717, 1.165) is 29.6 Å². The van der Waals surface area contributed by atoms with E-state index in [1.165, 1.54) is 5.56 Å². The van der Waals surface area contributed by atoms with Crippen molar-refractivity contribution in [3.05, 3.63) is 28.2 Å². The highest BCUT2D eigenvalue weighted by molar-refractivity contribution is 9.10. The summed E-state index contributed by atoms with van der Waals surface area (Å²) >= 11 is 3.48. The van der Waals surface area contributed by atoms with Crippen molar-refractivity contribution in [2.45, 2.75) is 52.7 Å². The maximum atomic E-state index is 5.98. The van der Waals surface area contributed by atoms with Gasteiger partial charge in [0, 0.05) is 10.5 Å². The largest absolute Gasteiger partial charge is 0.490 e. The Morgan fingerprint density at radius 1 is 1.28 bits per heavy atom. The zero-order valence-corrected chi connectivity index (χ0v) is 13.4. The van der Waals surface area contributed by atoms with Crippen LogP contribution in [0, 0.1) is 6.92 Å². The average molecular weight is 314 g/mol. The predicted octanol–water partition coefficient (Wildman–Crippen LogP) is 4.30. The molecule has 0 aliphatic rings. The first-order valence-corrected chi connectivity index (χ1v) is 7.44. The first-order chi connectivity index (χ1) is 8.49. The molecule has 0 heterocycles. The summed E-state index contributed by atoms with van der Waals surface area (Å²) < 4.78 is 7.04. The Kier molecular flexibility index (Phi) is 6.72. The summed E-state index contributed by atoms with van der Waals surface area (Å²) in [6, 6.07) is 6.72. The maximum Gasteiger partial charge on any atom is 0.123 e. The van der Waals surface area contributed by atoms with Crippen LogP contribution in [0.25, 0.3) is 0 Å². The Labute approximate surface area is 119 Å². The van der Waals surface area contributed by atoms with Crippen LogP contribution in [0.4, 0.5) is 0 Å². The summed E-state index contributed by atoms with van der Waals surface area (Å²) in [6.45, 7) is 9.61. The molecule has 1 aromatic rings. The summed E-state index contributed by atoms with van der Waals surface area (Å²) in [5.74, 6) is 0.980. The molecule has 1 N–H and O–H groups in total. The SMILES string of the molecule is Cc1ccc(Br)cc1OC(C)CCCNC(C)C. The van der Waals surface area contributed by atoms with E-state index >= 15 is 0 Å². The van der Waals surface area contributed by atoms with Gasteiger partial charge in [0.25, 0.3) is 0 Å². The van der Waals surface area contributed by atoms with Gasteiger partial charge < -0.3 is 10.1 Å². The van der Waals surface area contributed by atoms with Gasteiger partial charge in [-0.1, -0.05) is 35.8 Å². The van der Waals surface area contributed by atoms with Gasteiger partial charge in [-0.25, -0.2) is 0 Å². The van der Waals surface area contributed by atoms with Crippen LogP contribution < -0.4 is 10.1 Å². The zero-order valence-electron chi connectivity index (χ0n) is 11.8. The van der Waals surface area contributed by atoms with Gasteiger partial charge in [-0.2, -0.15) is 0 Å². The molecule has 0 amide bonds. The van der Waals surface area contributed by atoms with Crippen LogP contribution in [0.3, 0.4) is 0 Å². The summed E-state index contributed by atoms with van der Waals surface area (Å²) in [7, 11) is 0. The second kappa shape index (κ2) is 7.80. The minimum absolute atomic E-state index is 0.256. The number of halogens is 1. The minimum atomic E-state index is 0.256. The van der Waals surface area contributed by atoms with E-state index in [-0.39, 0.29) is 6.10 Å². The van der Waals surface area contributed by atoms with Crippen LogP contribution in [0.15, 0.2) is 22.7 Å². The Bertz CT molecular complexity index is 366. The number of benzene rings is 1. The second-order valence-electron chi connectivity index (χ2n) is 5.09. The monoisotopic (exact) mass is 313 g/mol. The van der Waals surface area contributed by atoms with Crippen LogP contribution >= 0.6 is 15.9 Å². The molecule has 18 heavy (non-hydrogen) atoms. The van der Waals surface area contributed by atoms with Gasteiger partial charge in [0.15, 0.2) is 0 Å². The highest BCUT2D eigenvalue weighted by atomic mass is 79.9. The summed E-state index contributed by atoms with van der Waals surface area (Å²) in [6.07, 6.45) is 2.48. The first-order valence-electron chi connectivity index (χ1n) is 6.65. The minimum Gasteiger partial charge on any atom is -0.490 e. The van der Waals surface area contributed by atoms with E-state index in [1.807, 2.05) is 12.1 Å². The first kappa shape index (κ1) is 15.5. The van der Waals surface area contributed by atoms with Crippen molar-refractivity contribution >= 4 is 15.9 Å². The van der Waals surface area contributed by atoms with Crippen molar-refractivity contribution in [2.24, 2.45) is 0 Å². The summed E-state index contributed by atoms with van der Waals surface area (Å²) in [4.78, 5) is 0. The highest BCUT2D eigenvalue weighted by Crippen LogP contribution is 2.24. The molecule has 0 aliphatic heterocycles. The molecule has 0 saturated heterocycles. The molecule has 0 aliphatic carbocycles. The number of rotatable bonds is 7. The van der Waals surface area contributed by atoms with Gasteiger partial charge in [0.05, 0.1) is 6.10 Å². The molecule has 0 radical (unpaired) electrons. The van der Waals surface area contributed by atoms with Gasteiger partial charge in [0.2, 0.25) is 0 Å². The zero-order chi connectivity index (χ0) is 13.5. The Hall–Kier alpha value is -0.540. The second-order valence-corrected chi connectivity index (χ2v) is 6.01. The van der Waals surface area contributed by atoms with Crippen molar-refractivity contribution in [1.29, 1.82) is 0 Å². The number of ether oxygens (including phenoxy) is 1. The van der Waals surface area contributed by atoms with Crippen molar-refractivity contribution in [2.75, 3.05) is 6.54 Å². The van der Waals surface area contributed by atoms with E-state index in [0.29, 0.717) is 6.04 Å².